The number of hydrogen-bond donors (Lipinski definition) is 0. The number of pyridine rings is 1. The molecule has 7 heteroatoms. The topological polar surface area (TPSA) is 92.4 Å². The van der Waals surface area contributed by atoms with Crippen molar-refractivity contribution in [3.63, 3.8) is 0 Å². The van der Waals surface area contributed by atoms with Gasteiger partial charge in [-0.2, -0.15) is 4.73 Å². The predicted molar refractivity (Wildman–Crippen MR) is 68.7 cm³/mol. The number of hydrogen-bond acceptors (Lipinski definition) is 6. The number of furan rings is 1. The van der Waals surface area contributed by atoms with Gasteiger partial charge in [0.1, 0.15) is 12.3 Å². The van der Waals surface area contributed by atoms with Crippen LogP contribution >= 0.6 is 0 Å². The summed E-state index contributed by atoms with van der Waals surface area (Å²) < 4.78 is 15.7. The molecule has 7 nitrogen and oxygen atoms in total. The van der Waals surface area contributed by atoms with E-state index in [2.05, 4.69) is 5.16 Å². The summed E-state index contributed by atoms with van der Waals surface area (Å²) >= 11 is 0. The van der Waals surface area contributed by atoms with Gasteiger partial charge in [0.25, 0.3) is 0 Å². The highest BCUT2D eigenvalue weighted by Gasteiger charge is 2.18. The van der Waals surface area contributed by atoms with Gasteiger partial charge in [-0.1, -0.05) is 5.16 Å². The quantitative estimate of drug-likeness (QED) is 0.413. The SMILES string of the molecule is O=C(OCc1cc(-c2ccco2)on1)c1cccc[n+]1[O-]. The second-order valence-corrected chi connectivity index (χ2v) is 4.15. The highest BCUT2D eigenvalue weighted by Crippen LogP contribution is 2.20. The monoisotopic (exact) mass is 286 g/mol. The molecule has 0 atom stereocenters. The van der Waals surface area contributed by atoms with Gasteiger partial charge in [-0.15, -0.1) is 0 Å². The number of nitrogens with zero attached hydrogens (tertiary/aromatic N) is 2. The van der Waals surface area contributed by atoms with Crippen molar-refractivity contribution in [3.05, 3.63) is 65.5 Å². The third-order valence-corrected chi connectivity index (χ3v) is 2.71. The lowest BCUT2D eigenvalue weighted by atomic mass is 10.3. The Hall–Kier alpha value is -3.09. The third kappa shape index (κ3) is 2.76. The van der Waals surface area contributed by atoms with Crippen molar-refractivity contribution in [2.45, 2.75) is 6.61 Å². The second kappa shape index (κ2) is 5.49. The maximum atomic E-state index is 11.8. The van der Waals surface area contributed by atoms with Crippen molar-refractivity contribution in [3.8, 4) is 11.5 Å². The molecule has 0 amide bonds. The van der Waals surface area contributed by atoms with Crippen molar-refractivity contribution in [1.82, 2.24) is 5.16 Å². The van der Waals surface area contributed by atoms with Crippen molar-refractivity contribution in [2.24, 2.45) is 0 Å². The van der Waals surface area contributed by atoms with E-state index in [9.17, 15) is 10.0 Å². The minimum atomic E-state index is -0.729. The molecule has 3 aromatic heterocycles. The molecule has 0 radical (unpaired) electrons. The maximum absolute atomic E-state index is 11.8. The summed E-state index contributed by atoms with van der Waals surface area (Å²) in [7, 11) is 0. The summed E-state index contributed by atoms with van der Waals surface area (Å²) in [4.78, 5) is 11.8. The zero-order chi connectivity index (χ0) is 14.7. The second-order valence-electron chi connectivity index (χ2n) is 4.15. The number of rotatable bonds is 4. The van der Waals surface area contributed by atoms with Gasteiger partial charge in [0.15, 0.2) is 12.0 Å². The van der Waals surface area contributed by atoms with E-state index in [4.69, 9.17) is 13.7 Å². The minimum Gasteiger partial charge on any atom is -0.618 e. The first-order chi connectivity index (χ1) is 10.2. The van der Waals surface area contributed by atoms with Gasteiger partial charge in [-0.05, 0) is 18.2 Å². The first-order valence-corrected chi connectivity index (χ1v) is 6.09. The summed E-state index contributed by atoms with van der Waals surface area (Å²) in [5, 5.41) is 15.2. The van der Waals surface area contributed by atoms with Crippen molar-refractivity contribution < 1.29 is 23.2 Å². The van der Waals surface area contributed by atoms with Crippen molar-refractivity contribution in [2.75, 3.05) is 0 Å². The van der Waals surface area contributed by atoms with E-state index < -0.39 is 5.97 Å². The Morgan fingerprint density at radius 2 is 2.19 bits per heavy atom. The van der Waals surface area contributed by atoms with Crippen LogP contribution < -0.4 is 4.73 Å². The van der Waals surface area contributed by atoms with Crippen LogP contribution in [-0.4, -0.2) is 11.1 Å². The largest absolute Gasteiger partial charge is 0.618 e. The van der Waals surface area contributed by atoms with Crippen molar-refractivity contribution >= 4 is 5.97 Å². The zero-order valence-corrected chi connectivity index (χ0v) is 10.8. The van der Waals surface area contributed by atoms with Crippen LogP contribution in [0.25, 0.3) is 11.5 Å². The average Bonchev–Trinajstić information content (AvgIpc) is 3.16. The molecule has 106 valence electrons. The molecule has 0 aliphatic rings. The lowest BCUT2D eigenvalue weighted by Crippen LogP contribution is -2.34. The molecule has 3 rings (SSSR count). The van der Waals surface area contributed by atoms with E-state index in [-0.39, 0.29) is 12.3 Å². The van der Waals surface area contributed by atoms with Crippen LogP contribution in [0.1, 0.15) is 16.2 Å². The molecule has 0 aliphatic heterocycles. The first-order valence-electron chi connectivity index (χ1n) is 6.09. The number of ether oxygens (including phenoxy) is 1. The molecular weight excluding hydrogens is 276 g/mol. The molecule has 21 heavy (non-hydrogen) atoms. The van der Waals surface area contributed by atoms with Gasteiger partial charge < -0.3 is 18.9 Å². The Labute approximate surface area is 118 Å². The summed E-state index contributed by atoms with van der Waals surface area (Å²) in [6.45, 7) is -0.0993. The van der Waals surface area contributed by atoms with Crippen LogP contribution in [0.2, 0.25) is 0 Å². The van der Waals surface area contributed by atoms with Gasteiger partial charge in [-0.3, -0.25) is 0 Å². The van der Waals surface area contributed by atoms with E-state index in [1.165, 1.54) is 24.6 Å². The smallest absolute Gasteiger partial charge is 0.405 e. The van der Waals surface area contributed by atoms with Crippen LogP contribution in [-0.2, 0) is 11.3 Å². The van der Waals surface area contributed by atoms with Crippen LogP contribution in [0.4, 0.5) is 0 Å². The van der Waals surface area contributed by atoms with Crippen LogP contribution in [0.15, 0.2) is 57.8 Å². The number of aromatic nitrogens is 2. The van der Waals surface area contributed by atoms with Crippen molar-refractivity contribution in [1.29, 1.82) is 0 Å². The number of carbonyl (C=O) groups excluding carboxylic acids is 1. The van der Waals surface area contributed by atoms with Crippen LogP contribution in [0.3, 0.4) is 0 Å². The number of esters is 1. The molecule has 0 bridgehead atoms. The molecule has 0 saturated carbocycles. The van der Waals surface area contributed by atoms with Crippen LogP contribution in [0, 0.1) is 5.21 Å². The molecule has 0 saturated heterocycles. The molecule has 0 fully saturated rings. The maximum Gasteiger partial charge on any atom is 0.405 e. The zero-order valence-electron chi connectivity index (χ0n) is 10.8. The Morgan fingerprint density at radius 3 is 2.95 bits per heavy atom. The fraction of sp³-hybridized carbons (Fsp3) is 0.0714. The van der Waals surface area contributed by atoms with E-state index in [0.29, 0.717) is 21.9 Å². The van der Waals surface area contributed by atoms with Gasteiger partial charge in [0.2, 0.25) is 5.76 Å². The Morgan fingerprint density at radius 1 is 1.29 bits per heavy atom. The fourth-order valence-corrected chi connectivity index (χ4v) is 1.71. The normalized spacial score (nSPS) is 10.5. The van der Waals surface area contributed by atoms with Crippen LogP contribution in [0.5, 0.6) is 0 Å². The highest BCUT2D eigenvalue weighted by molar-refractivity contribution is 5.85. The predicted octanol–water partition coefficient (Wildman–Crippen LogP) is 1.92. The Bertz CT molecular complexity index is 748. The Kier molecular flexibility index (Phi) is 3.38. The van der Waals surface area contributed by atoms with E-state index in [1.807, 2.05) is 0 Å². The molecule has 0 aromatic carbocycles. The minimum absolute atomic E-state index is 0.0905. The number of carbonyl (C=O) groups is 1. The molecule has 3 heterocycles. The van der Waals surface area contributed by atoms with E-state index >= 15 is 0 Å². The lowest BCUT2D eigenvalue weighted by molar-refractivity contribution is -0.608. The fourth-order valence-electron chi connectivity index (χ4n) is 1.71. The van der Waals surface area contributed by atoms with Gasteiger partial charge in [-0.25, -0.2) is 4.79 Å². The molecule has 0 spiro atoms. The lowest BCUT2D eigenvalue weighted by Gasteiger charge is -2.03. The standard InChI is InChI=1S/C14H10N2O5/c17-14(11-4-1-2-6-16(11)18)20-9-10-8-13(21-15-10)12-5-3-7-19-12/h1-8H,9H2. The summed E-state index contributed by atoms with van der Waals surface area (Å²) in [6.07, 6.45) is 2.74. The highest BCUT2D eigenvalue weighted by atomic mass is 16.5. The molecular formula is C14H10N2O5. The molecule has 0 unspecified atom stereocenters. The summed E-state index contributed by atoms with van der Waals surface area (Å²) in [6, 6.07) is 9.53. The van der Waals surface area contributed by atoms with Gasteiger partial charge >= 0.3 is 11.7 Å². The average molecular weight is 286 g/mol. The molecule has 3 aromatic rings. The molecule has 0 N–H and O–H groups in total. The van der Waals surface area contributed by atoms with Gasteiger partial charge in [0.05, 0.1) is 6.26 Å². The Balaban J connectivity index is 1.66. The third-order valence-electron chi connectivity index (χ3n) is 2.71. The summed E-state index contributed by atoms with van der Waals surface area (Å²) in [5.74, 6) is 0.235. The van der Waals surface area contributed by atoms with E-state index in [0.717, 1.165) is 0 Å². The van der Waals surface area contributed by atoms with Gasteiger partial charge in [0, 0.05) is 18.2 Å². The summed E-state index contributed by atoms with van der Waals surface area (Å²) in [5.41, 5.74) is 0.329. The van der Waals surface area contributed by atoms with E-state index in [1.54, 1.807) is 24.3 Å². The molecule has 0 aliphatic carbocycles. The first kappa shape index (κ1) is 12.9.